The number of hydrogen-bond acceptors (Lipinski definition) is 7. The first-order valence-corrected chi connectivity index (χ1v) is 15.7. The van der Waals surface area contributed by atoms with Gasteiger partial charge in [-0.05, 0) is 41.7 Å². The number of fused-ring (bicyclic) bond motifs is 1. The number of rotatable bonds is 8. The Bertz CT molecular complexity index is 1340. The van der Waals surface area contributed by atoms with Crippen molar-refractivity contribution in [3.05, 3.63) is 64.7 Å². The average Bonchev–Trinajstić information content (AvgIpc) is 3.23. The highest BCUT2D eigenvalue weighted by molar-refractivity contribution is 7.98. The molecular formula is C27H32N4O5S2. The van der Waals surface area contributed by atoms with Gasteiger partial charge in [0.15, 0.2) is 0 Å². The van der Waals surface area contributed by atoms with Crippen molar-refractivity contribution in [2.75, 3.05) is 39.0 Å². The van der Waals surface area contributed by atoms with Crippen molar-refractivity contribution in [3.63, 3.8) is 0 Å². The molecule has 0 aromatic heterocycles. The Morgan fingerprint density at radius 3 is 2.37 bits per heavy atom. The van der Waals surface area contributed by atoms with Crippen molar-refractivity contribution >= 4 is 39.5 Å². The third-order valence-corrected chi connectivity index (χ3v) is 9.95. The lowest BCUT2D eigenvalue weighted by Crippen LogP contribution is -2.52. The summed E-state index contributed by atoms with van der Waals surface area (Å²) in [6, 6.07) is 13.7. The van der Waals surface area contributed by atoms with Gasteiger partial charge in [0, 0.05) is 61.9 Å². The fourth-order valence-electron chi connectivity index (χ4n) is 5.23. The molecule has 9 nitrogen and oxygen atoms in total. The van der Waals surface area contributed by atoms with Crippen LogP contribution in [0.15, 0.2) is 47.4 Å². The lowest BCUT2D eigenvalue weighted by Gasteiger charge is -2.33. The van der Waals surface area contributed by atoms with Gasteiger partial charge in [-0.2, -0.15) is 4.31 Å². The van der Waals surface area contributed by atoms with E-state index in [1.54, 1.807) is 21.0 Å². The summed E-state index contributed by atoms with van der Waals surface area (Å²) in [6.07, 6.45) is 2.78. The number of carbonyl (C=O) groups excluding carboxylic acids is 3. The van der Waals surface area contributed by atoms with E-state index in [9.17, 15) is 22.8 Å². The second-order valence-electron chi connectivity index (χ2n) is 10.0. The molecular weight excluding hydrogens is 524 g/mol. The maximum Gasteiger partial charge on any atom is 0.255 e. The molecule has 3 heterocycles. The quantitative estimate of drug-likeness (QED) is 0.391. The minimum absolute atomic E-state index is 0.154. The zero-order valence-electron chi connectivity index (χ0n) is 21.4. The number of nitrogens with zero attached hydrogens (tertiary/aromatic N) is 3. The fraction of sp³-hybridized carbons (Fsp3) is 0.444. The highest BCUT2D eigenvalue weighted by Crippen LogP contribution is 2.35. The molecule has 2 aromatic carbocycles. The highest BCUT2D eigenvalue weighted by atomic mass is 32.2. The molecule has 11 heteroatoms. The molecule has 3 amide bonds. The number of benzene rings is 2. The molecule has 38 heavy (non-hydrogen) atoms. The van der Waals surface area contributed by atoms with Gasteiger partial charge < -0.3 is 9.80 Å². The van der Waals surface area contributed by atoms with Crippen molar-refractivity contribution in [1.29, 1.82) is 0 Å². The van der Waals surface area contributed by atoms with Crippen LogP contribution in [0.3, 0.4) is 0 Å². The third-order valence-electron chi connectivity index (χ3n) is 7.47. The van der Waals surface area contributed by atoms with E-state index >= 15 is 0 Å². The van der Waals surface area contributed by atoms with Gasteiger partial charge in [-0.1, -0.05) is 30.3 Å². The molecule has 2 fully saturated rings. The van der Waals surface area contributed by atoms with Crippen LogP contribution in [0.4, 0.5) is 0 Å². The predicted octanol–water partition coefficient (Wildman–Crippen LogP) is 1.86. The minimum Gasteiger partial charge on any atom is -0.322 e. The van der Waals surface area contributed by atoms with Crippen LogP contribution in [0.2, 0.25) is 0 Å². The van der Waals surface area contributed by atoms with Gasteiger partial charge in [0.25, 0.3) is 5.91 Å². The van der Waals surface area contributed by atoms with E-state index in [1.165, 1.54) is 17.4 Å². The van der Waals surface area contributed by atoms with Gasteiger partial charge in [-0.3, -0.25) is 19.7 Å². The number of amides is 3. The molecule has 3 aliphatic heterocycles. The number of thioether (sulfide) groups is 1. The number of piperazine rings is 1. The smallest absolute Gasteiger partial charge is 0.255 e. The Kier molecular flexibility index (Phi) is 7.90. The lowest BCUT2D eigenvalue weighted by atomic mass is 10.0. The van der Waals surface area contributed by atoms with Gasteiger partial charge >= 0.3 is 0 Å². The first-order chi connectivity index (χ1) is 18.2. The molecule has 0 aliphatic carbocycles. The Morgan fingerprint density at radius 1 is 0.974 bits per heavy atom. The molecule has 0 radical (unpaired) electrons. The molecule has 1 atom stereocenters. The largest absolute Gasteiger partial charge is 0.322 e. The third kappa shape index (κ3) is 5.96. The van der Waals surface area contributed by atoms with Gasteiger partial charge in [-0.25, -0.2) is 8.42 Å². The molecule has 5 rings (SSSR count). The Hall–Kier alpha value is -2.73. The summed E-state index contributed by atoms with van der Waals surface area (Å²) in [5.41, 5.74) is 4.01. The standard InChI is InChI=1S/C27H32N4O5S2/c1-38(35,36)30-15-13-29(14-16-30)12-11-19-5-7-20(8-6-19)18-37-24-4-2-3-21-22(24)17-31(27(21)34)23-9-10-25(32)28-26(23)33/h2-8,23H,9-18H2,1H3,(H,28,32,33). The molecule has 3 aliphatic rings. The van der Waals surface area contributed by atoms with Gasteiger partial charge in [0.05, 0.1) is 6.26 Å². The van der Waals surface area contributed by atoms with E-state index in [1.807, 2.05) is 18.2 Å². The number of sulfonamides is 1. The number of nitrogens with one attached hydrogen (secondary N) is 1. The van der Waals surface area contributed by atoms with Crippen LogP contribution in [0, 0.1) is 0 Å². The SMILES string of the molecule is CS(=O)(=O)N1CCN(CCc2ccc(CSc3cccc4c3CN(C3CCC(=O)NC3=O)C4=O)cc2)CC1. The summed E-state index contributed by atoms with van der Waals surface area (Å²) in [7, 11) is -3.11. The zero-order valence-corrected chi connectivity index (χ0v) is 23.0. The maximum absolute atomic E-state index is 13.0. The van der Waals surface area contributed by atoms with Crippen LogP contribution in [0.1, 0.15) is 39.9 Å². The molecule has 1 N–H and O–H groups in total. The van der Waals surface area contributed by atoms with Crippen LogP contribution >= 0.6 is 11.8 Å². The molecule has 0 saturated carbocycles. The van der Waals surface area contributed by atoms with E-state index in [0.29, 0.717) is 31.6 Å². The topological polar surface area (TPSA) is 107 Å². The van der Waals surface area contributed by atoms with Crippen molar-refractivity contribution in [3.8, 4) is 0 Å². The first kappa shape index (κ1) is 26.9. The van der Waals surface area contributed by atoms with E-state index in [0.717, 1.165) is 42.3 Å². The molecule has 202 valence electrons. The van der Waals surface area contributed by atoms with Crippen LogP contribution in [0.5, 0.6) is 0 Å². The van der Waals surface area contributed by atoms with Crippen LogP contribution < -0.4 is 5.32 Å². The second-order valence-corrected chi connectivity index (χ2v) is 13.0. The lowest BCUT2D eigenvalue weighted by molar-refractivity contribution is -0.136. The Morgan fingerprint density at radius 2 is 1.68 bits per heavy atom. The van der Waals surface area contributed by atoms with Crippen LogP contribution in [-0.4, -0.2) is 85.3 Å². The van der Waals surface area contributed by atoms with Crippen LogP contribution in [0.25, 0.3) is 0 Å². The van der Waals surface area contributed by atoms with Gasteiger partial charge in [0.2, 0.25) is 21.8 Å². The summed E-state index contributed by atoms with van der Waals surface area (Å²) in [6.45, 7) is 3.89. The monoisotopic (exact) mass is 556 g/mol. The van der Waals surface area contributed by atoms with Crippen molar-refractivity contribution in [1.82, 2.24) is 19.4 Å². The van der Waals surface area contributed by atoms with Crippen molar-refractivity contribution in [2.45, 2.75) is 42.5 Å². The summed E-state index contributed by atoms with van der Waals surface area (Å²) >= 11 is 1.68. The maximum atomic E-state index is 13.0. The summed E-state index contributed by atoms with van der Waals surface area (Å²) < 4.78 is 24.9. The normalized spacial score (nSPS) is 21.0. The van der Waals surface area contributed by atoms with Crippen LogP contribution in [-0.2, 0) is 38.3 Å². The van der Waals surface area contributed by atoms with Gasteiger partial charge in [-0.15, -0.1) is 11.8 Å². The van der Waals surface area contributed by atoms with E-state index in [2.05, 4.69) is 34.5 Å². The zero-order chi connectivity index (χ0) is 26.9. The molecule has 2 saturated heterocycles. The first-order valence-electron chi connectivity index (χ1n) is 12.8. The molecule has 2 aromatic rings. The van der Waals surface area contributed by atoms with E-state index in [4.69, 9.17) is 0 Å². The van der Waals surface area contributed by atoms with Crippen molar-refractivity contribution in [2.24, 2.45) is 0 Å². The Balaban J connectivity index is 1.14. The number of carbonyl (C=O) groups is 3. The number of hydrogen-bond donors (Lipinski definition) is 1. The van der Waals surface area contributed by atoms with Crippen molar-refractivity contribution < 1.29 is 22.8 Å². The van der Waals surface area contributed by atoms with Gasteiger partial charge in [0.1, 0.15) is 6.04 Å². The average molecular weight is 557 g/mol. The summed E-state index contributed by atoms with van der Waals surface area (Å²) in [5.74, 6) is -0.0754. The second kappa shape index (κ2) is 11.2. The molecule has 0 spiro atoms. The summed E-state index contributed by atoms with van der Waals surface area (Å²) in [4.78, 5) is 41.8. The number of piperidine rings is 1. The minimum atomic E-state index is -3.11. The molecule has 0 bridgehead atoms. The highest BCUT2D eigenvalue weighted by Gasteiger charge is 2.39. The summed E-state index contributed by atoms with van der Waals surface area (Å²) in [5, 5.41) is 2.35. The fourth-order valence-corrected chi connectivity index (χ4v) is 7.09. The van der Waals surface area contributed by atoms with E-state index < -0.39 is 22.0 Å². The number of imide groups is 1. The Labute approximate surface area is 227 Å². The van der Waals surface area contributed by atoms with E-state index in [-0.39, 0.29) is 18.2 Å². The predicted molar refractivity (Wildman–Crippen MR) is 145 cm³/mol. The molecule has 1 unspecified atom stereocenters.